The normalized spacial score (nSPS) is 13.8. The summed E-state index contributed by atoms with van der Waals surface area (Å²) in [6.07, 6.45) is 0. The first-order chi connectivity index (χ1) is 8.55. The van der Waals surface area contributed by atoms with Crippen LogP contribution in [0.15, 0.2) is 54.6 Å². The molecular weight excluding hydrogens is 228 g/mol. The molecule has 0 amide bonds. The van der Waals surface area contributed by atoms with Crippen LogP contribution in [0.1, 0.15) is 18.1 Å². The maximum Gasteiger partial charge on any atom is 0.318 e. The zero-order valence-electron chi connectivity index (χ0n) is 10.00. The van der Waals surface area contributed by atoms with E-state index in [0.29, 0.717) is 11.1 Å². The molecule has 2 rings (SSSR count). The molecule has 0 fully saturated rings. The summed E-state index contributed by atoms with van der Waals surface area (Å²) in [7, 11) is 0. The quantitative estimate of drug-likeness (QED) is 0.870. The lowest BCUT2D eigenvalue weighted by molar-refractivity contribution is -0.141. The Balaban J connectivity index is 2.58. The summed E-state index contributed by atoms with van der Waals surface area (Å²) >= 11 is 0. The Kier molecular flexibility index (Phi) is 3.06. The van der Waals surface area contributed by atoms with E-state index in [2.05, 4.69) is 0 Å². The first-order valence-corrected chi connectivity index (χ1v) is 5.63. The van der Waals surface area contributed by atoms with Gasteiger partial charge in [0.2, 0.25) is 0 Å². The van der Waals surface area contributed by atoms with E-state index in [1.54, 1.807) is 31.2 Å². The van der Waals surface area contributed by atoms with E-state index in [0.717, 1.165) is 0 Å². The second-order valence-electron chi connectivity index (χ2n) is 4.34. The van der Waals surface area contributed by atoms with Crippen LogP contribution >= 0.6 is 0 Å². The fourth-order valence-corrected chi connectivity index (χ4v) is 1.98. The zero-order valence-corrected chi connectivity index (χ0v) is 10.00. The fraction of sp³-hybridized carbons (Fsp3) is 0.133. The minimum atomic E-state index is -1.12. The molecule has 3 nitrogen and oxygen atoms in total. The number of carboxylic acid groups (broad SMARTS) is 1. The van der Waals surface area contributed by atoms with Crippen molar-refractivity contribution in [2.45, 2.75) is 12.3 Å². The molecule has 0 aliphatic heterocycles. The van der Waals surface area contributed by atoms with Crippen molar-refractivity contribution in [1.82, 2.24) is 0 Å². The molecule has 92 valence electrons. The smallest absolute Gasteiger partial charge is 0.318 e. The van der Waals surface area contributed by atoms with Crippen LogP contribution < -0.4 is 0 Å². The van der Waals surface area contributed by atoms with Crippen LogP contribution in [0.4, 0.5) is 0 Å². The monoisotopic (exact) mass is 242 g/mol. The molecule has 2 aromatic rings. The third-order valence-electron chi connectivity index (χ3n) is 3.22. The van der Waals surface area contributed by atoms with Gasteiger partial charge in [0.15, 0.2) is 0 Å². The van der Waals surface area contributed by atoms with E-state index in [1.165, 1.54) is 12.1 Å². The number of carbonyl (C=O) groups is 1. The van der Waals surface area contributed by atoms with E-state index >= 15 is 0 Å². The maximum atomic E-state index is 11.6. The number of aromatic hydroxyl groups is 1. The van der Waals surface area contributed by atoms with Crippen LogP contribution in [0.2, 0.25) is 0 Å². The Labute approximate surface area is 105 Å². The predicted molar refractivity (Wildman–Crippen MR) is 68.6 cm³/mol. The summed E-state index contributed by atoms with van der Waals surface area (Å²) in [4.78, 5) is 11.6. The van der Waals surface area contributed by atoms with Gasteiger partial charge in [-0.2, -0.15) is 0 Å². The molecule has 0 bridgehead atoms. The van der Waals surface area contributed by atoms with Gasteiger partial charge < -0.3 is 10.2 Å². The van der Waals surface area contributed by atoms with E-state index in [1.807, 2.05) is 18.2 Å². The molecule has 18 heavy (non-hydrogen) atoms. The molecule has 0 radical (unpaired) electrons. The molecular formula is C15H14O3. The first kappa shape index (κ1) is 12.2. The first-order valence-electron chi connectivity index (χ1n) is 5.63. The van der Waals surface area contributed by atoms with Crippen molar-refractivity contribution in [1.29, 1.82) is 0 Å². The van der Waals surface area contributed by atoms with Crippen molar-refractivity contribution in [2.75, 3.05) is 0 Å². The predicted octanol–water partition coefficient (Wildman–Crippen LogP) is 2.78. The molecule has 0 spiro atoms. The summed E-state index contributed by atoms with van der Waals surface area (Å²) in [5.74, 6) is -0.793. The Morgan fingerprint density at radius 2 is 1.44 bits per heavy atom. The molecule has 0 aliphatic carbocycles. The topological polar surface area (TPSA) is 57.5 Å². The number of phenols is 1. The van der Waals surface area contributed by atoms with Gasteiger partial charge in [0, 0.05) is 0 Å². The number of aliphatic carboxylic acids is 1. The second kappa shape index (κ2) is 4.53. The van der Waals surface area contributed by atoms with Gasteiger partial charge in [-0.25, -0.2) is 0 Å². The van der Waals surface area contributed by atoms with Gasteiger partial charge in [-0.15, -0.1) is 0 Å². The summed E-state index contributed by atoms with van der Waals surface area (Å²) in [6.45, 7) is 1.66. The molecule has 3 heteroatoms. The van der Waals surface area contributed by atoms with Crippen molar-refractivity contribution in [3.8, 4) is 5.75 Å². The Morgan fingerprint density at radius 3 is 1.94 bits per heavy atom. The van der Waals surface area contributed by atoms with E-state index < -0.39 is 11.4 Å². The highest BCUT2D eigenvalue weighted by Crippen LogP contribution is 2.33. The Hall–Kier alpha value is -2.29. The van der Waals surface area contributed by atoms with Crippen molar-refractivity contribution in [3.63, 3.8) is 0 Å². The van der Waals surface area contributed by atoms with E-state index in [4.69, 9.17) is 0 Å². The molecule has 0 aliphatic rings. The molecule has 0 saturated heterocycles. The third kappa shape index (κ3) is 1.95. The van der Waals surface area contributed by atoms with Gasteiger partial charge >= 0.3 is 5.97 Å². The highest BCUT2D eigenvalue weighted by Gasteiger charge is 2.36. The molecule has 1 atom stereocenters. The van der Waals surface area contributed by atoms with Crippen molar-refractivity contribution < 1.29 is 15.0 Å². The molecule has 2 aromatic carbocycles. The minimum Gasteiger partial charge on any atom is -0.508 e. The highest BCUT2D eigenvalue weighted by molar-refractivity contribution is 5.85. The number of benzene rings is 2. The van der Waals surface area contributed by atoms with Gasteiger partial charge in [-0.1, -0.05) is 42.5 Å². The van der Waals surface area contributed by atoms with Gasteiger partial charge in [0.1, 0.15) is 11.2 Å². The largest absolute Gasteiger partial charge is 0.508 e. The molecule has 0 heterocycles. The lowest BCUT2D eigenvalue weighted by Gasteiger charge is -2.26. The SMILES string of the molecule is C[C@@](C(=O)O)(c1ccccc1)c1ccc(O)cc1. The molecule has 0 saturated carbocycles. The van der Waals surface area contributed by atoms with Gasteiger partial charge in [-0.05, 0) is 30.2 Å². The summed E-state index contributed by atoms with van der Waals surface area (Å²) < 4.78 is 0. The lowest BCUT2D eigenvalue weighted by atomic mass is 9.76. The Bertz CT molecular complexity index is 546. The van der Waals surface area contributed by atoms with Crippen LogP contribution in [0, 0.1) is 0 Å². The fourth-order valence-electron chi connectivity index (χ4n) is 1.98. The number of phenolic OH excluding ortho intramolecular Hbond substituents is 1. The van der Waals surface area contributed by atoms with Crippen LogP contribution in [-0.2, 0) is 10.2 Å². The third-order valence-corrected chi connectivity index (χ3v) is 3.22. The summed E-state index contributed by atoms with van der Waals surface area (Å²) in [5.41, 5.74) is 0.233. The zero-order chi connectivity index (χ0) is 13.2. The molecule has 2 N–H and O–H groups in total. The van der Waals surface area contributed by atoms with Crippen LogP contribution in [0.3, 0.4) is 0 Å². The number of rotatable bonds is 3. The van der Waals surface area contributed by atoms with Gasteiger partial charge in [-0.3, -0.25) is 4.79 Å². The second-order valence-corrected chi connectivity index (χ2v) is 4.34. The Morgan fingerprint density at radius 1 is 0.944 bits per heavy atom. The van der Waals surface area contributed by atoms with Gasteiger partial charge in [0.25, 0.3) is 0 Å². The van der Waals surface area contributed by atoms with E-state index in [-0.39, 0.29) is 5.75 Å². The standard InChI is InChI=1S/C15H14O3/c1-15(14(17)18,11-5-3-2-4-6-11)12-7-9-13(16)10-8-12/h2-10,16H,1H3,(H,17,18)/t15-/m1/s1. The van der Waals surface area contributed by atoms with Crippen molar-refractivity contribution >= 4 is 5.97 Å². The highest BCUT2D eigenvalue weighted by atomic mass is 16.4. The number of hydrogen-bond donors (Lipinski definition) is 2. The average Bonchev–Trinajstić information content (AvgIpc) is 2.39. The maximum absolute atomic E-state index is 11.6. The van der Waals surface area contributed by atoms with Crippen LogP contribution in [-0.4, -0.2) is 16.2 Å². The molecule has 0 aromatic heterocycles. The van der Waals surface area contributed by atoms with E-state index in [9.17, 15) is 15.0 Å². The van der Waals surface area contributed by atoms with Crippen LogP contribution in [0.5, 0.6) is 5.75 Å². The lowest BCUT2D eigenvalue weighted by Crippen LogP contribution is -2.33. The summed E-state index contributed by atoms with van der Waals surface area (Å²) in [6, 6.07) is 15.3. The van der Waals surface area contributed by atoms with Gasteiger partial charge in [0.05, 0.1) is 0 Å². The minimum absolute atomic E-state index is 0.125. The summed E-state index contributed by atoms with van der Waals surface area (Å²) in [5, 5.41) is 18.8. The number of carboxylic acids is 1. The van der Waals surface area contributed by atoms with Crippen molar-refractivity contribution in [3.05, 3.63) is 65.7 Å². The number of hydrogen-bond acceptors (Lipinski definition) is 2. The van der Waals surface area contributed by atoms with Crippen molar-refractivity contribution in [2.24, 2.45) is 0 Å². The van der Waals surface area contributed by atoms with Crippen LogP contribution in [0.25, 0.3) is 0 Å². The average molecular weight is 242 g/mol. The molecule has 0 unspecified atom stereocenters.